The van der Waals surface area contributed by atoms with Crippen LogP contribution in [0.1, 0.15) is 12.0 Å². The van der Waals surface area contributed by atoms with Crippen molar-refractivity contribution >= 4 is 23.3 Å². The molecule has 3 aromatic rings. The molecule has 1 atom stereocenters. The van der Waals surface area contributed by atoms with Crippen LogP contribution in [0.4, 0.5) is 11.5 Å². The summed E-state index contributed by atoms with van der Waals surface area (Å²) in [5.41, 5.74) is 2.00. The van der Waals surface area contributed by atoms with Crippen LogP contribution in [-0.4, -0.2) is 69.4 Å². The van der Waals surface area contributed by atoms with Gasteiger partial charge >= 0.3 is 0 Å². The van der Waals surface area contributed by atoms with Gasteiger partial charge < -0.3 is 14.7 Å². The minimum absolute atomic E-state index is 0.0124. The number of carbonyl (C=O) groups excluding carboxylic acids is 2. The first-order valence-electron chi connectivity index (χ1n) is 10.8. The second kappa shape index (κ2) is 8.41. The molecule has 9 heteroatoms. The van der Waals surface area contributed by atoms with Crippen LogP contribution in [0.25, 0.3) is 5.82 Å². The van der Waals surface area contributed by atoms with Gasteiger partial charge in [-0.3, -0.25) is 9.59 Å². The molecule has 0 spiro atoms. The Labute approximate surface area is 186 Å². The lowest BCUT2D eigenvalue weighted by atomic mass is 10.1. The van der Waals surface area contributed by atoms with Crippen LogP contribution in [-0.2, 0) is 9.59 Å². The molecule has 0 aliphatic carbocycles. The van der Waals surface area contributed by atoms with Crippen molar-refractivity contribution in [3.63, 3.8) is 0 Å². The maximum Gasteiger partial charge on any atom is 0.228 e. The first-order valence-corrected chi connectivity index (χ1v) is 10.8. The normalized spacial score (nSPS) is 19.0. The van der Waals surface area contributed by atoms with Gasteiger partial charge in [0.25, 0.3) is 0 Å². The standard InChI is InChI=1S/C23H25N7O2/c1-17-3-5-19(6-4-17)29-16-18(15-22(29)31)23(32)28-13-11-27(12-14-28)20-7-8-21(26-25-20)30-10-2-9-24-30/h2-10,18H,11-16H2,1H3. The average molecular weight is 432 g/mol. The Morgan fingerprint density at radius 1 is 0.969 bits per heavy atom. The molecule has 1 unspecified atom stereocenters. The van der Waals surface area contributed by atoms with Crippen molar-refractivity contribution < 1.29 is 9.59 Å². The van der Waals surface area contributed by atoms with E-state index < -0.39 is 0 Å². The van der Waals surface area contributed by atoms with E-state index in [2.05, 4.69) is 20.2 Å². The summed E-state index contributed by atoms with van der Waals surface area (Å²) in [6.07, 6.45) is 3.79. The zero-order valence-corrected chi connectivity index (χ0v) is 18.0. The summed E-state index contributed by atoms with van der Waals surface area (Å²) in [7, 11) is 0. The first kappa shape index (κ1) is 20.2. The maximum atomic E-state index is 13.1. The molecule has 0 bridgehead atoms. The summed E-state index contributed by atoms with van der Waals surface area (Å²) in [6.45, 7) is 5.04. The van der Waals surface area contributed by atoms with Gasteiger partial charge in [-0.05, 0) is 37.3 Å². The number of benzene rings is 1. The number of hydrogen-bond donors (Lipinski definition) is 0. The lowest BCUT2D eigenvalue weighted by Crippen LogP contribution is -2.51. The Bertz CT molecular complexity index is 1090. The summed E-state index contributed by atoms with van der Waals surface area (Å²) in [4.78, 5) is 31.4. The summed E-state index contributed by atoms with van der Waals surface area (Å²) in [6, 6.07) is 13.5. The third kappa shape index (κ3) is 3.93. The highest BCUT2D eigenvalue weighted by atomic mass is 16.2. The van der Waals surface area contributed by atoms with E-state index in [1.165, 1.54) is 0 Å². The molecule has 2 amide bonds. The van der Waals surface area contributed by atoms with E-state index in [1.54, 1.807) is 15.8 Å². The molecule has 2 fully saturated rings. The largest absolute Gasteiger partial charge is 0.352 e. The summed E-state index contributed by atoms with van der Waals surface area (Å²) >= 11 is 0. The molecular weight excluding hydrogens is 406 g/mol. The molecular formula is C23H25N7O2. The zero-order valence-electron chi connectivity index (χ0n) is 18.0. The fraction of sp³-hybridized carbons (Fsp3) is 0.348. The fourth-order valence-corrected chi connectivity index (χ4v) is 4.27. The van der Waals surface area contributed by atoms with E-state index in [0.29, 0.717) is 38.5 Å². The topological polar surface area (TPSA) is 87.5 Å². The van der Waals surface area contributed by atoms with E-state index in [0.717, 1.165) is 17.1 Å². The Morgan fingerprint density at radius 2 is 1.69 bits per heavy atom. The van der Waals surface area contributed by atoms with Gasteiger partial charge in [-0.2, -0.15) is 5.10 Å². The van der Waals surface area contributed by atoms with Gasteiger partial charge in [-0.15, -0.1) is 10.2 Å². The van der Waals surface area contributed by atoms with Gasteiger partial charge in [0.05, 0.1) is 5.92 Å². The van der Waals surface area contributed by atoms with Gasteiger partial charge in [-0.25, -0.2) is 4.68 Å². The molecule has 9 nitrogen and oxygen atoms in total. The van der Waals surface area contributed by atoms with Crippen LogP contribution in [0.2, 0.25) is 0 Å². The number of amides is 2. The van der Waals surface area contributed by atoms with Gasteiger partial charge in [0, 0.05) is 57.2 Å². The van der Waals surface area contributed by atoms with Crippen molar-refractivity contribution in [3.8, 4) is 5.82 Å². The fourth-order valence-electron chi connectivity index (χ4n) is 4.27. The average Bonchev–Trinajstić information content (AvgIpc) is 3.50. The minimum atomic E-state index is -0.288. The Balaban J connectivity index is 1.18. The van der Waals surface area contributed by atoms with E-state index >= 15 is 0 Å². The van der Waals surface area contributed by atoms with E-state index in [-0.39, 0.29) is 24.2 Å². The first-order chi connectivity index (χ1) is 15.6. The maximum absolute atomic E-state index is 13.1. The van der Waals surface area contributed by atoms with Gasteiger partial charge in [0.2, 0.25) is 11.8 Å². The Morgan fingerprint density at radius 3 is 2.34 bits per heavy atom. The van der Waals surface area contributed by atoms with Gasteiger partial charge in [0.15, 0.2) is 11.6 Å². The van der Waals surface area contributed by atoms with Crippen LogP contribution >= 0.6 is 0 Å². The molecule has 2 saturated heterocycles. The van der Waals surface area contributed by atoms with Crippen molar-refractivity contribution in [1.29, 1.82) is 0 Å². The lowest BCUT2D eigenvalue weighted by molar-refractivity contribution is -0.136. The SMILES string of the molecule is Cc1ccc(N2CC(C(=O)N3CCN(c4ccc(-n5cccn5)nn4)CC3)CC2=O)cc1. The van der Waals surface area contributed by atoms with Crippen LogP contribution < -0.4 is 9.80 Å². The molecule has 0 radical (unpaired) electrons. The predicted octanol–water partition coefficient (Wildman–Crippen LogP) is 1.67. The summed E-state index contributed by atoms with van der Waals surface area (Å²) in [5.74, 6) is 1.24. The molecule has 1 aromatic carbocycles. The minimum Gasteiger partial charge on any atom is -0.352 e. The van der Waals surface area contributed by atoms with Crippen LogP contribution in [0.5, 0.6) is 0 Å². The molecule has 5 rings (SSSR count). The van der Waals surface area contributed by atoms with Crippen LogP contribution in [0.3, 0.4) is 0 Å². The molecule has 2 aliphatic heterocycles. The van der Waals surface area contributed by atoms with Crippen molar-refractivity contribution in [1.82, 2.24) is 24.9 Å². The van der Waals surface area contributed by atoms with E-state index in [1.807, 2.05) is 60.5 Å². The summed E-state index contributed by atoms with van der Waals surface area (Å²) in [5, 5.41) is 12.7. The number of carbonyl (C=O) groups is 2. The number of aromatic nitrogens is 4. The number of hydrogen-bond acceptors (Lipinski definition) is 6. The number of nitrogens with zero attached hydrogens (tertiary/aromatic N) is 7. The van der Waals surface area contributed by atoms with E-state index in [9.17, 15) is 9.59 Å². The second-order valence-corrected chi connectivity index (χ2v) is 8.25. The van der Waals surface area contributed by atoms with Crippen molar-refractivity contribution in [3.05, 3.63) is 60.4 Å². The molecule has 164 valence electrons. The molecule has 32 heavy (non-hydrogen) atoms. The molecule has 0 N–H and O–H groups in total. The Kier molecular flexibility index (Phi) is 5.30. The van der Waals surface area contributed by atoms with Crippen molar-refractivity contribution in [2.75, 3.05) is 42.5 Å². The highest BCUT2D eigenvalue weighted by molar-refractivity contribution is 6.00. The Hall–Kier alpha value is -3.75. The van der Waals surface area contributed by atoms with Crippen LogP contribution in [0.15, 0.2) is 54.9 Å². The smallest absolute Gasteiger partial charge is 0.228 e. The van der Waals surface area contributed by atoms with Crippen molar-refractivity contribution in [2.24, 2.45) is 5.92 Å². The number of rotatable bonds is 4. The highest BCUT2D eigenvalue weighted by Gasteiger charge is 2.38. The third-order valence-electron chi connectivity index (χ3n) is 6.11. The molecule has 2 aromatic heterocycles. The van der Waals surface area contributed by atoms with Gasteiger partial charge in [0.1, 0.15) is 0 Å². The monoisotopic (exact) mass is 431 g/mol. The molecule has 4 heterocycles. The van der Waals surface area contributed by atoms with Crippen LogP contribution in [0, 0.1) is 12.8 Å². The van der Waals surface area contributed by atoms with E-state index in [4.69, 9.17) is 0 Å². The van der Waals surface area contributed by atoms with Crippen molar-refractivity contribution in [2.45, 2.75) is 13.3 Å². The lowest BCUT2D eigenvalue weighted by Gasteiger charge is -2.36. The number of anilines is 2. The predicted molar refractivity (Wildman–Crippen MR) is 120 cm³/mol. The number of aryl methyl sites for hydroxylation is 1. The van der Waals surface area contributed by atoms with Gasteiger partial charge in [-0.1, -0.05) is 17.7 Å². The third-order valence-corrected chi connectivity index (χ3v) is 6.11. The number of piperazine rings is 1. The molecule has 0 saturated carbocycles. The highest BCUT2D eigenvalue weighted by Crippen LogP contribution is 2.27. The zero-order chi connectivity index (χ0) is 22.1. The summed E-state index contributed by atoms with van der Waals surface area (Å²) < 4.78 is 1.66. The quantitative estimate of drug-likeness (QED) is 0.625. The molecule has 2 aliphatic rings. The second-order valence-electron chi connectivity index (χ2n) is 8.25.